The molecule has 5 nitrogen and oxygen atoms in total. The fourth-order valence-electron chi connectivity index (χ4n) is 2.00. The third-order valence-electron chi connectivity index (χ3n) is 2.94. The molecule has 2 aromatic heterocycles. The van der Waals surface area contributed by atoms with Gasteiger partial charge in [0.2, 0.25) is 0 Å². The molecular formula is C15H19N3O2. The van der Waals surface area contributed by atoms with Gasteiger partial charge < -0.3 is 9.84 Å². The van der Waals surface area contributed by atoms with E-state index in [1.807, 2.05) is 27.7 Å². The fraction of sp³-hybridized carbons (Fsp3) is 0.400. The van der Waals surface area contributed by atoms with Crippen molar-refractivity contribution in [1.29, 1.82) is 0 Å². The average molecular weight is 273 g/mol. The van der Waals surface area contributed by atoms with Crippen LogP contribution in [0, 0.1) is 6.92 Å². The molecule has 0 bridgehead atoms. The molecule has 0 spiro atoms. The number of hydrogen-bond acceptors (Lipinski definition) is 4. The predicted octanol–water partition coefficient (Wildman–Crippen LogP) is 2.96. The number of hydrogen-bond donors (Lipinski definition) is 1. The molecule has 0 unspecified atom stereocenters. The number of aryl methyl sites for hydroxylation is 1. The topological polar surface area (TPSA) is 68.0 Å². The first-order chi connectivity index (χ1) is 9.40. The van der Waals surface area contributed by atoms with Crippen molar-refractivity contribution < 1.29 is 9.32 Å². The molecule has 0 atom stereocenters. The van der Waals surface area contributed by atoms with Crippen LogP contribution in [0.3, 0.4) is 0 Å². The molecule has 20 heavy (non-hydrogen) atoms. The van der Waals surface area contributed by atoms with Crippen LogP contribution < -0.4 is 5.32 Å². The van der Waals surface area contributed by atoms with Gasteiger partial charge in [0, 0.05) is 12.2 Å². The molecule has 0 aromatic carbocycles. The molecule has 106 valence electrons. The van der Waals surface area contributed by atoms with E-state index in [1.54, 1.807) is 6.07 Å². The second kappa shape index (κ2) is 5.45. The van der Waals surface area contributed by atoms with E-state index in [2.05, 4.69) is 22.0 Å². The van der Waals surface area contributed by atoms with E-state index in [4.69, 9.17) is 4.52 Å². The van der Waals surface area contributed by atoms with Crippen molar-refractivity contribution in [2.24, 2.45) is 0 Å². The normalized spacial score (nSPS) is 11.1. The predicted molar refractivity (Wildman–Crippen MR) is 77.8 cm³/mol. The average Bonchev–Trinajstić information content (AvgIpc) is 2.78. The maximum absolute atomic E-state index is 12.3. The monoisotopic (exact) mass is 273 g/mol. The maximum atomic E-state index is 12.3. The third kappa shape index (κ3) is 2.71. The van der Waals surface area contributed by atoms with Gasteiger partial charge in [-0.15, -0.1) is 0 Å². The lowest BCUT2D eigenvalue weighted by Crippen LogP contribution is -2.25. The minimum atomic E-state index is -0.159. The fourth-order valence-corrected chi connectivity index (χ4v) is 2.00. The summed E-state index contributed by atoms with van der Waals surface area (Å²) in [6, 6.07) is 1.76. The Bertz CT molecular complexity index is 671. The van der Waals surface area contributed by atoms with E-state index in [0.29, 0.717) is 23.2 Å². The van der Waals surface area contributed by atoms with Crippen LogP contribution in [0.5, 0.6) is 0 Å². The minimum Gasteiger partial charge on any atom is -0.348 e. The van der Waals surface area contributed by atoms with Crippen LogP contribution in [0.4, 0.5) is 0 Å². The van der Waals surface area contributed by atoms with Gasteiger partial charge in [-0.2, -0.15) is 0 Å². The van der Waals surface area contributed by atoms with Crippen molar-refractivity contribution >= 4 is 17.0 Å². The SMILES string of the molecule is C=C(C)CNC(=O)c1cc(C)nc2onc(C(C)C)c12. The highest BCUT2D eigenvalue weighted by Gasteiger charge is 2.21. The van der Waals surface area contributed by atoms with Crippen molar-refractivity contribution in [3.63, 3.8) is 0 Å². The van der Waals surface area contributed by atoms with Crippen LogP contribution >= 0.6 is 0 Å². The van der Waals surface area contributed by atoms with Crippen molar-refractivity contribution in [1.82, 2.24) is 15.5 Å². The number of rotatable bonds is 4. The highest BCUT2D eigenvalue weighted by Crippen LogP contribution is 2.27. The molecule has 0 saturated carbocycles. The van der Waals surface area contributed by atoms with Gasteiger partial charge in [-0.3, -0.25) is 4.79 Å². The molecule has 2 rings (SSSR count). The summed E-state index contributed by atoms with van der Waals surface area (Å²) in [5, 5.41) is 7.58. The second-order valence-corrected chi connectivity index (χ2v) is 5.35. The number of pyridine rings is 1. The zero-order valence-corrected chi connectivity index (χ0v) is 12.3. The number of aromatic nitrogens is 2. The number of carbonyl (C=O) groups excluding carboxylic acids is 1. The molecule has 2 aromatic rings. The lowest BCUT2D eigenvalue weighted by molar-refractivity contribution is 0.0958. The Kier molecular flexibility index (Phi) is 3.88. The minimum absolute atomic E-state index is 0.159. The summed E-state index contributed by atoms with van der Waals surface area (Å²) < 4.78 is 5.25. The van der Waals surface area contributed by atoms with Gasteiger partial charge in [-0.1, -0.05) is 31.2 Å². The lowest BCUT2D eigenvalue weighted by atomic mass is 10.0. The van der Waals surface area contributed by atoms with Crippen molar-refractivity contribution in [3.8, 4) is 0 Å². The van der Waals surface area contributed by atoms with Crippen molar-refractivity contribution in [2.45, 2.75) is 33.6 Å². The van der Waals surface area contributed by atoms with Crippen LogP contribution in [0.1, 0.15) is 48.4 Å². The van der Waals surface area contributed by atoms with Crippen LogP contribution in [0.15, 0.2) is 22.7 Å². The van der Waals surface area contributed by atoms with Crippen LogP contribution in [0.25, 0.3) is 11.1 Å². The number of carbonyl (C=O) groups is 1. The summed E-state index contributed by atoms with van der Waals surface area (Å²) >= 11 is 0. The summed E-state index contributed by atoms with van der Waals surface area (Å²) in [7, 11) is 0. The molecule has 0 saturated heterocycles. The van der Waals surface area contributed by atoms with Gasteiger partial charge in [0.25, 0.3) is 11.6 Å². The van der Waals surface area contributed by atoms with Crippen molar-refractivity contribution in [2.75, 3.05) is 6.54 Å². The quantitative estimate of drug-likeness (QED) is 0.870. The standard InChI is InChI=1S/C15H19N3O2/c1-8(2)7-16-14(19)11-6-10(5)17-15-12(11)13(9(3)4)18-20-15/h6,9H,1,7H2,2-5H3,(H,16,19). The zero-order valence-electron chi connectivity index (χ0n) is 12.3. The summed E-state index contributed by atoms with van der Waals surface area (Å²) in [4.78, 5) is 16.6. The first kappa shape index (κ1) is 14.2. The van der Waals surface area contributed by atoms with E-state index in [9.17, 15) is 4.79 Å². The smallest absolute Gasteiger partial charge is 0.259 e. The lowest BCUT2D eigenvalue weighted by Gasteiger charge is -2.08. The van der Waals surface area contributed by atoms with E-state index in [1.165, 1.54) is 0 Å². The van der Waals surface area contributed by atoms with Gasteiger partial charge in [-0.25, -0.2) is 4.98 Å². The molecular weight excluding hydrogens is 254 g/mol. The van der Waals surface area contributed by atoms with Gasteiger partial charge in [0.05, 0.1) is 16.6 Å². The van der Waals surface area contributed by atoms with Gasteiger partial charge >= 0.3 is 0 Å². The zero-order chi connectivity index (χ0) is 14.9. The van der Waals surface area contributed by atoms with Crippen molar-refractivity contribution in [3.05, 3.63) is 35.2 Å². The van der Waals surface area contributed by atoms with E-state index >= 15 is 0 Å². The van der Waals surface area contributed by atoms with Gasteiger partial charge in [0.15, 0.2) is 0 Å². The Morgan fingerprint density at radius 2 is 2.20 bits per heavy atom. The Balaban J connectivity index is 2.52. The Morgan fingerprint density at radius 1 is 1.50 bits per heavy atom. The van der Waals surface area contributed by atoms with Crippen LogP contribution in [0.2, 0.25) is 0 Å². The number of amides is 1. The highest BCUT2D eigenvalue weighted by atomic mass is 16.5. The van der Waals surface area contributed by atoms with Gasteiger partial charge in [0.1, 0.15) is 0 Å². The summed E-state index contributed by atoms with van der Waals surface area (Å²) in [6.45, 7) is 11.9. The summed E-state index contributed by atoms with van der Waals surface area (Å²) in [5.41, 5.74) is 3.35. The number of nitrogens with zero attached hydrogens (tertiary/aromatic N) is 2. The molecule has 1 amide bonds. The molecule has 1 N–H and O–H groups in total. The largest absolute Gasteiger partial charge is 0.348 e. The molecule has 0 aliphatic heterocycles. The van der Waals surface area contributed by atoms with E-state index in [0.717, 1.165) is 17.0 Å². The first-order valence-electron chi connectivity index (χ1n) is 6.59. The molecule has 0 fully saturated rings. The number of nitrogens with one attached hydrogen (secondary N) is 1. The second-order valence-electron chi connectivity index (χ2n) is 5.35. The highest BCUT2D eigenvalue weighted by molar-refractivity contribution is 6.06. The Morgan fingerprint density at radius 3 is 2.80 bits per heavy atom. The Labute approximate surface area is 118 Å². The third-order valence-corrected chi connectivity index (χ3v) is 2.94. The van der Waals surface area contributed by atoms with E-state index < -0.39 is 0 Å². The molecule has 0 radical (unpaired) electrons. The van der Waals surface area contributed by atoms with Crippen LogP contribution in [-0.4, -0.2) is 22.6 Å². The Hall–Kier alpha value is -2.17. The number of fused-ring (bicyclic) bond motifs is 1. The summed E-state index contributed by atoms with van der Waals surface area (Å²) in [6.07, 6.45) is 0. The van der Waals surface area contributed by atoms with Crippen LogP contribution in [-0.2, 0) is 0 Å². The van der Waals surface area contributed by atoms with Gasteiger partial charge in [-0.05, 0) is 25.8 Å². The molecule has 5 heteroatoms. The molecule has 2 heterocycles. The maximum Gasteiger partial charge on any atom is 0.259 e. The molecule has 0 aliphatic rings. The van der Waals surface area contributed by atoms with E-state index in [-0.39, 0.29) is 11.8 Å². The molecule has 0 aliphatic carbocycles. The summed E-state index contributed by atoms with van der Waals surface area (Å²) in [5.74, 6) is 0.00189. The first-order valence-corrected chi connectivity index (χ1v) is 6.59.